The lowest BCUT2D eigenvalue weighted by Crippen LogP contribution is -2.45. The van der Waals surface area contributed by atoms with Crippen LogP contribution in [0, 0.1) is 0 Å². The molecule has 0 atom stereocenters. The van der Waals surface area contributed by atoms with E-state index in [-0.39, 0.29) is 5.60 Å². The quantitative estimate of drug-likeness (QED) is 0.796. The Morgan fingerprint density at radius 1 is 1.10 bits per heavy atom. The van der Waals surface area contributed by atoms with Crippen LogP contribution in [0.15, 0.2) is 42.5 Å². The summed E-state index contributed by atoms with van der Waals surface area (Å²) in [6.07, 6.45) is 4.77. The van der Waals surface area contributed by atoms with Crippen molar-refractivity contribution in [2.24, 2.45) is 0 Å². The Labute approximate surface area is 121 Å². The van der Waals surface area contributed by atoms with Crippen molar-refractivity contribution in [3.8, 4) is 5.75 Å². The zero-order valence-corrected chi connectivity index (χ0v) is 12.2. The number of fused-ring (bicyclic) bond motifs is 1. The molecule has 106 valence electrons. The summed E-state index contributed by atoms with van der Waals surface area (Å²) in [5, 5.41) is 5.94. The molecule has 0 aliphatic heterocycles. The molecule has 20 heavy (non-hydrogen) atoms. The molecule has 0 unspecified atom stereocenters. The van der Waals surface area contributed by atoms with E-state index in [1.165, 1.54) is 30.0 Å². The number of rotatable bonds is 6. The van der Waals surface area contributed by atoms with Crippen molar-refractivity contribution < 1.29 is 4.74 Å². The minimum atomic E-state index is 0.0740. The van der Waals surface area contributed by atoms with Gasteiger partial charge in [0.2, 0.25) is 0 Å². The molecule has 0 radical (unpaired) electrons. The third-order valence-electron chi connectivity index (χ3n) is 4.33. The standard InChI is InChI=1S/C18H23NO/c1-2-19-13-12-18(10-5-11-18)20-17-9-8-15-6-3-4-7-16(15)14-17/h3-4,6-9,14,19H,2,5,10-13H2,1H3. The molecular formula is C18H23NO. The molecule has 0 heterocycles. The lowest BCUT2D eigenvalue weighted by atomic mass is 9.77. The molecule has 0 bridgehead atoms. The normalized spacial score (nSPS) is 16.9. The molecule has 0 aromatic heterocycles. The summed E-state index contributed by atoms with van der Waals surface area (Å²) in [6.45, 7) is 4.23. The summed E-state index contributed by atoms with van der Waals surface area (Å²) >= 11 is 0. The topological polar surface area (TPSA) is 21.3 Å². The van der Waals surface area contributed by atoms with E-state index >= 15 is 0 Å². The Morgan fingerprint density at radius 2 is 1.90 bits per heavy atom. The Kier molecular flexibility index (Phi) is 3.93. The van der Waals surface area contributed by atoms with Crippen LogP contribution in [0.5, 0.6) is 5.75 Å². The average Bonchev–Trinajstić information content (AvgIpc) is 2.44. The van der Waals surface area contributed by atoms with Gasteiger partial charge in [0.1, 0.15) is 11.4 Å². The molecule has 3 rings (SSSR count). The fraction of sp³-hybridized carbons (Fsp3) is 0.444. The van der Waals surface area contributed by atoms with E-state index in [2.05, 4.69) is 54.7 Å². The molecule has 1 aliphatic carbocycles. The SMILES string of the molecule is CCNCCC1(Oc2ccc3ccccc3c2)CCC1. The summed E-state index contributed by atoms with van der Waals surface area (Å²) in [5.74, 6) is 1.01. The van der Waals surface area contributed by atoms with Gasteiger partial charge in [0, 0.05) is 0 Å². The van der Waals surface area contributed by atoms with Gasteiger partial charge in [-0.2, -0.15) is 0 Å². The maximum Gasteiger partial charge on any atom is 0.120 e. The van der Waals surface area contributed by atoms with Gasteiger partial charge in [0.25, 0.3) is 0 Å². The zero-order valence-electron chi connectivity index (χ0n) is 12.2. The number of benzene rings is 2. The number of hydrogen-bond donors (Lipinski definition) is 1. The zero-order chi connectivity index (χ0) is 13.8. The molecule has 1 fully saturated rings. The lowest BCUT2D eigenvalue weighted by Gasteiger charge is -2.42. The van der Waals surface area contributed by atoms with Crippen molar-refractivity contribution in [1.29, 1.82) is 0 Å². The highest BCUT2D eigenvalue weighted by atomic mass is 16.5. The van der Waals surface area contributed by atoms with Gasteiger partial charge in [0.05, 0.1) is 0 Å². The van der Waals surface area contributed by atoms with Gasteiger partial charge in [-0.05, 0) is 61.7 Å². The second-order valence-electron chi connectivity index (χ2n) is 5.75. The molecular weight excluding hydrogens is 246 g/mol. The first-order valence-electron chi connectivity index (χ1n) is 7.70. The van der Waals surface area contributed by atoms with Crippen LogP contribution in [-0.4, -0.2) is 18.7 Å². The lowest BCUT2D eigenvalue weighted by molar-refractivity contribution is -0.0140. The summed E-state index contributed by atoms with van der Waals surface area (Å²) in [4.78, 5) is 0. The molecule has 2 aromatic carbocycles. The van der Waals surface area contributed by atoms with E-state index in [9.17, 15) is 0 Å². The summed E-state index contributed by atoms with van der Waals surface area (Å²) < 4.78 is 6.35. The van der Waals surface area contributed by atoms with E-state index in [1.54, 1.807) is 0 Å². The predicted molar refractivity (Wildman–Crippen MR) is 84.3 cm³/mol. The van der Waals surface area contributed by atoms with Gasteiger partial charge >= 0.3 is 0 Å². The van der Waals surface area contributed by atoms with Gasteiger partial charge < -0.3 is 10.1 Å². The van der Waals surface area contributed by atoms with Gasteiger partial charge in [-0.1, -0.05) is 37.3 Å². The monoisotopic (exact) mass is 269 g/mol. The van der Waals surface area contributed by atoms with Crippen LogP contribution in [0.1, 0.15) is 32.6 Å². The summed E-state index contributed by atoms with van der Waals surface area (Å²) in [6, 6.07) is 14.9. The van der Waals surface area contributed by atoms with Crippen LogP contribution < -0.4 is 10.1 Å². The Morgan fingerprint density at radius 3 is 2.60 bits per heavy atom. The fourth-order valence-electron chi connectivity index (χ4n) is 2.95. The number of hydrogen-bond acceptors (Lipinski definition) is 2. The van der Waals surface area contributed by atoms with Gasteiger partial charge in [-0.3, -0.25) is 0 Å². The fourth-order valence-corrected chi connectivity index (χ4v) is 2.95. The highest BCUT2D eigenvalue weighted by Crippen LogP contribution is 2.39. The molecule has 1 N–H and O–H groups in total. The van der Waals surface area contributed by atoms with Crippen molar-refractivity contribution in [2.45, 2.75) is 38.2 Å². The van der Waals surface area contributed by atoms with Crippen LogP contribution in [0.3, 0.4) is 0 Å². The molecule has 2 nitrogen and oxygen atoms in total. The minimum Gasteiger partial charge on any atom is -0.487 e. The minimum absolute atomic E-state index is 0.0740. The van der Waals surface area contributed by atoms with Crippen molar-refractivity contribution in [3.05, 3.63) is 42.5 Å². The van der Waals surface area contributed by atoms with E-state index in [0.717, 1.165) is 25.3 Å². The smallest absolute Gasteiger partial charge is 0.120 e. The van der Waals surface area contributed by atoms with E-state index in [4.69, 9.17) is 4.74 Å². The van der Waals surface area contributed by atoms with Crippen molar-refractivity contribution in [1.82, 2.24) is 5.32 Å². The largest absolute Gasteiger partial charge is 0.487 e. The summed E-state index contributed by atoms with van der Waals surface area (Å²) in [5.41, 5.74) is 0.0740. The third kappa shape index (κ3) is 2.80. The van der Waals surface area contributed by atoms with E-state index in [1.807, 2.05) is 0 Å². The first kappa shape index (κ1) is 13.4. The molecule has 0 amide bonds. The molecule has 2 aromatic rings. The average molecular weight is 269 g/mol. The summed E-state index contributed by atoms with van der Waals surface area (Å²) in [7, 11) is 0. The van der Waals surface area contributed by atoms with E-state index < -0.39 is 0 Å². The van der Waals surface area contributed by atoms with Crippen LogP contribution in [0.4, 0.5) is 0 Å². The van der Waals surface area contributed by atoms with Gasteiger partial charge in [0.15, 0.2) is 0 Å². The van der Waals surface area contributed by atoms with Crippen molar-refractivity contribution in [2.75, 3.05) is 13.1 Å². The molecule has 1 aliphatic rings. The maximum absolute atomic E-state index is 6.35. The number of nitrogens with one attached hydrogen (secondary N) is 1. The van der Waals surface area contributed by atoms with Crippen LogP contribution in [0.25, 0.3) is 10.8 Å². The Balaban J connectivity index is 1.73. The maximum atomic E-state index is 6.35. The predicted octanol–water partition coefficient (Wildman–Crippen LogP) is 4.14. The molecule has 1 saturated carbocycles. The first-order chi connectivity index (χ1) is 9.81. The number of ether oxygens (including phenoxy) is 1. The van der Waals surface area contributed by atoms with E-state index in [0.29, 0.717) is 0 Å². The van der Waals surface area contributed by atoms with Gasteiger partial charge in [-0.15, -0.1) is 0 Å². The highest BCUT2D eigenvalue weighted by molar-refractivity contribution is 5.83. The molecule has 2 heteroatoms. The van der Waals surface area contributed by atoms with Gasteiger partial charge in [-0.25, -0.2) is 0 Å². The Bertz CT molecular complexity index is 574. The van der Waals surface area contributed by atoms with Crippen LogP contribution in [-0.2, 0) is 0 Å². The van der Waals surface area contributed by atoms with Crippen molar-refractivity contribution in [3.63, 3.8) is 0 Å². The van der Waals surface area contributed by atoms with Crippen molar-refractivity contribution >= 4 is 10.8 Å². The first-order valence-corrected chi connectivity index (χ1v) is 7.70. The second-order valence-corrected chi connectivity index (χ2v) is 5.75. The third-order valence-corrected chi connectivity index (χ3v) is 4.33. The van der Waals surface area contributed by atoms with Crippen LogP contribution in [0.2, 0.25) is 0 Å². The molecule has 0 spiro atoms. The highest BCUT2D eigenvalue weighted by Gasteiger charge is 2.38. The Hall–Kier alpha value is -1.54. The second kappa shape index (κ2) is 5.84. The molecule has 0 saturated heterocycles. The van der Waals surface area contributed by atoms with Crippen LogP contribution >= 0.6 is 0 Å².